The molecule has 0 aliphatic carbocycles. The highest BCUT2D eigenvalue weighted by molar-refractivity contribution is 6.59. The lowest BCUT2D eigenvalue weighted by molar-refractivity contribution is 0.260. The van der Waals surface area contributed by atoms with E-state index in [1.807, 2.05) is 0 Å². The van der Waals surface area contributed by atoms with Crippen LogP contribution in [0, 0.1) is 0 Å². The summed E-state index contributed by atoms with van der Waals surface area (Å²) in [5, 5.41) is 11.4. The number of aromatic nitrogens is 3. The molecule has 1 N–H and O–H groups in total. The van der Waals surface area contributed by atoms with Gasteiger partial charge in [-0.15, -0.1) is 0 Å². The molecule has 1 amide bonds. The van der Waals surface area contributed by atoms with Gasteiger partial charge in [-0.1, -0.05) is 23.2 Å². The Balaban J connectivity index is 2.25. The number of carbonyl (C=O) groups excluding carboxylic acids is 1. The van der Waals surface area contributed by atoms with E-state index in [9.17, 15) is 14.7 Å². The van der Waals surface area contributed by atoms with Gasteiger partial charge in [0.15, 0.2) is 5.81 Å². The number of pyridine rings is 1. The molecule has 3 heterocycles. The Hall–Kier alpha value is -1.93. The Labute approximate surface area is 129 Å². The van der Waals surface area contributed by atoms with E-state index in [0.29, 0.717) is 12.1 Å². The third-order valence-corrected chi connectivity index (χ3v) is 3.55. The Kier molecular flexibility index (Phi) is 3.22. The van der Waals surface area contributed by atoms with Crippen molar-refractivity contribution in [1.29, 1.82) is 0 Å². The van der Waals surface area contributed by atoms with Crippen LogP contribution in [0.4, 0.5) is 4.79 Å². The summed E-state index contributed by atoms with van der Waals surface area (Å²) in [5.41, 5.74) is -0.103. The molecule has 2 aromatic heterocycles. The first-order chi connectivity index (χ1) is 9.90. The third-order valence-electron chi connectivity index (χ3n) is 3.16. The Morgan fingerprint density at radius 2 is 1.95 bits per heavy atom. The highest BCUT2D eigenvalue weighted by Gasteiger charge is 2.31. The van der Waals surface area contributed by atoms with Gasteiger partial charge < -0.3 is 5.11 Å². The molecule has 0 spiro atoms. The summed E-state index contributed by atoms with van der Waals surface area (Å²) in [7, 11) is 5.21. The first kappa shape index (κ1) is 14.0. The van der Waals surface area contributed by atoms with E-state index in [0.717, 1.165) is 14.3 Å². The van der Waals surface area contributed by atoms with Crippen LogP contribution >= 0.6 is 23.2 Å². The number of carbonyl (C=O) groups is 1. The SMILES string of the molecule is [B]C(=O)N1CCc2c(O)n(-c3cc(Cl)nc(Cl)c3)c(=O)n21. The van der Waals surface area contributed by atoms with Crippen molar-refractivity contribution >= 4 is 36.9 Å². The van der Waals surface area contributed by atoms with Gasteiger partial charge in [0.1, 0.15) is 16.0 Å². The van der Waals surface area contributed by atoms with Crippen LogP contribution in [0.5, 0.6) is 5.88 Å². The molecule has 1 aliphatic rings. The van der Waals surface area contributed by atoms with Crippen molar-refractivity contribution in [2.24, 2.45) is 0 Å². The summed E-state index contributed by atoms with van der Waals surface area (Å²) in [6.07, 6.45) is 0.309. The van der Waals surface area contributed by atoms with Crippen LogP contribution in [-0.4, -0.2) is 39.5 Å². The maximum absolute atomic E-state index is 12.4. The van der Waals surface area contributed by atoms with Crippen molar-refractivity contribution < 1.29 is 9.90 Å². The minimum absolute atomic E-state index is 0.0712. The van der Waals surface area contributed by atoms with E-state index in [1.165, 1.54) is 12.1 Å². The van der Waals surface area contributed by atoms with Gasteiger partial charge in [0, 0.05) is 13.0 Å². The lowest BCUT2D eigenvalue weighted by Crippen LogP contribution is -2.43. The van der Waals surface area contributed by atoms with Crippen molar-refractivity contribution in [3.8, 4) is 11.6 Å². The van der Waals surface area contributed by atoms with Crippen LogP contribution in [-0.2, 0) is 6.42 Å². The van der Waals surface area contributed by atoms with Gasteiger partial charge in [0.2, 0.25) is 13.7 Å². The number of hydrogen-bond acceptors (Lipinski definition) is 4. The minimum Gasteiger partial charge on any atom is -0.493 e. The number of halogens is 2. The van der Waals surface area contributed by atoms with Gasteiger partial charge in [-0.05, 0) is 12.1 Å². The average Bonchev–Trinajstić information content (AvgIpc) is 2.90. The molecule has 0 saturated heterocycles. The number of imidazole rings is 1. The maximum Gasteiger partial charge on any atom is 0.355 e. The normalized spacial score (nSPS) is 13.5. The number of fused-ring (bicyclic) bond motifs is 1. The molecular formula is C11H7BCl2N4O3. The van der Waals surface area contributed by atoms with Crippen LogP contribution in [0.3, 0.4) is 0 Å². The molecule has 0 aromatic carbocycles. The van der Waals surface area contributed by atoms with Crippen LogP contribution in [0.25, 0.3) is 5.69 Å². The first-order valence-electron chi connectivity index (χ1n) is 5.86. The van der Waals surface area contributed by atoms with E-state index in [2.05, 4.69) is 4.98 Å². The maximum atomic E-state index is 12.4. The predicted molar refractivity (Wildman–Crippen MR) is 77.4 cm³/mol. The van der Waals surface area contributed by atoms with Crippen molar-refractivity contribution in [1.82, 2.24) is 14.2 Å². The molecule has 0 saturated carbocycles. The Morgan fingerprint density at radius 3 is 2.52 bits per heavy atom. The monoisotopic (exact) mass is 324 g/mol. The van der Waals surface area contributed by atoms with Crippen LogP contribution < -0.4 is 10.7 Å². The zero-order valence-electron chi connectivity index (χ0n) is 10.5. The molecular weight excluding hydrogens is 318 g/mol. The van der Waals surface area contributed by atoms with Gasteiger partial charge in [-0.2, -0.15) is 4.68 Å². The third kappa shape index (κ3) is 2.11. The van der Waals surface area contributed by atoms with Crippen molar-refractivity contribution in [2.75, 3.05) is 11.6 Å². The van der Waals surface area contributed by atoms with Crippen LogP contribution in [0.2, 0.25) is 10.3 Å². The minimum atomic E-state index is -0.779. The van der Waals surface area contributed by atoms with E-state index in [1.54, 1.807) is 0 Å². The molecule has 3 rings (SSSR count). The number of aromatic hydroxyl groups is 1. The van der Waals surface area contributed by atoms with Gasteiger partial charge in [0.25, 0.3) is 0 Å². The van der Waals surface area contributed by atoms with Crippen molar-refractivity contribution in [3.63, 3.8) is 0 Å². The van der Waals surface area contributed by atoms with E-state index in [-0.39, 0.29) is 28.4 Å². The average molecular weight is 325 g/mol. The summed E-state index contributed by atoms with van der Waals surface area (Å²) in [4.78, 5) is 27.5. The Bertz CT molecular complexity index is 796. The zero-order valence-corrected chi connectivity index (χ0v) is 12.0. The summed E-state index contributed by atoms with van der Waals surface area (Å²) < 4.78 is 2.03. The summed E-state index contributed by atoms with van der Waals surface area (Å²) in [6.45, 7) is 0.228. The van der Waals surface area contributed by atoms with E-state index in [4.69, 9.17) is 31.0 Å². The van der Waals surface area contributed by atoms with Gasteiger partial charge in [0.05, 0.1) is 5.69 Å². The fourth-order valence-electron chi connectivity index (χ4n) is 2.33. The number of nitrogens with zero attached hydrogens (tertiary/aromatic N) is 4. The first-order valence-corrected chi connectivity index (χ1v) is 6.62. The molecule has 7 nitrogen and oxygen atoms in total. The highest BCUT2D eigenvalue weighted by Crippen LogP contribution is 2.26. The Morgan fingerprint density at radius 1 is 1.33 bits per heavy atom. The molecule has 106 valence electrons. The summed E-state index contributed by atoms with van der Waals surface area (Å²) in [6, 6.07) is 2.75. The van der Waals surface area contributed by atoms with Crippen molar-refractivity contribution in [3.05, 3.63) is 38.6 Å². The van der Waals surface area contributed by atoms with Gasteiger partial charge >= 0.3 is 5.69 Å². The second kappa shape index (κ2) is 4.82. The fourth-order valence-corrected chi connectivity index (χ4v) is 2.77. The van der Waals surface area contributed by atoms with Gasteiger partial charge in [-0.25, -0.2) is 14.3 Å². The van der Waals surface area contributed by atoms with Gasteiger partial charge in [-0.3, -0.25) is 9.80 Å². The standard InChI is InChI=1S/C11H7BCl2N4O3/c12-10(20)16-2-1-6-9(19)17(11(21)18(6)16)5-3-7(13)15-8(14)4-5/h3-4,19H,1-2H2. The quantitative estimate of drug-likeness (QED) is 0.622. The number of hydrogen-bond donors (Lipinski definition) is 1. The topological polar surface area (TPSA) is 80.4 Å². The second-order valence-corrected chi connectivity index (χ2v) is 5.16. The number of rotatable bonds is 1. The van der Waals surface area contributed by atoms with Crippen LogP contribution in [0.1, 0.15) is 5.69 Å². The molecule has 2 radical (unpaired) electrons. The zero-order chi connectivity index (χ0) is 15.3. The summed E-state index contributed by atoms with van der Waals surface area (Å²) in [5.74, 6) is -1.07. The fraction of sp³-hybridized carbons (Fsp3) is 0.182. The molecule has 0 atom stereocenters. The van der Waals surface area contributed by atoms with Crippen molar-refractivity contribution in [2.45, 2.75) is 6.42 Å². The van der Waals surface area contributed by atoms with Crippen LogP contribution in [0.15, 0.2) is 16.9 Å². The molecule has 1 aliphatic heterocycles. The second-order valence-electron chi connectivity index (χ2n) is 4.38. The highest BCUT2D eigenvalue weighted by atomic mass is 35.5. The predicted octanol–water partition coefficient (Wildman–Crippen LogP) is 0.829. The largest absolute Gasteiger partial charge is 0.493 e. The summed E-state index contributed by atoms with van der Waals surface area (Å²) >= 11 is 11.6. The molecule has 10 heteroatoms. The lowest BCUT2D eigenvalue weighted by atomic mass is 10.1. The van der Waals surface area contributed by atoms with E-state index < -0.39 is 11.5 Å². The lowest BCUT2D eigenvalue weighted by Gasteiger charge is -2.15. The molecule has 0 bridgehead atoms. The smallest absolute Gasteiger partial charge is 0.355 e. The number of amides is 1. The van der Waals surface area contributed by atoms with E-state index >= 15 is 0 Å². The molecule has 21 heavy (non-hydrogen) atoms. The molecule has 2 aromatic rings. The molecule has 0 fully saturated rings. The molecule has 0 unspecified atom stereocenters.